The van der Waals surface area contributed by atoms with E-state index in [0.717, 1.165) is 56.4 Å². The number of amides is 3. The Kier molecular flexibility index (Phi) is 13.8. The van der Waals surface area contributed by atoms with Crippen LogP contribution in [0.2, 0.25) is 0 Å². The number of methoxy groups -OCH3 is 2. The smallest absolute Gasteiger partial charge is 0.314 e. The van der Waals surface area contributed by atoms with E-state index in [1.165, 1.54) is 5.56 Å². The SMILES string of the molecule is COCCCOc1cc(CCCCCCC(C(=O)NCC2CNC(=O)NC2)(C(C)C)C(C)C)ccc1OC. The Hall–Kier alpha value is -2.48. The van der Waals surface area contributed by atoms with E-state index >= 15 is 0 Å². The summed E-state index contributed by atoms with van der Waals surface area (Å²) in [6.07, 6.45) is 7.06. The van der Waals surface area contributed by atoms with Crippen molar-refractivity contribution in [1.29, 1.82) is 0 Å². The minimum atomic E-state index is -0.392. The summed E-state index contributed by atoms with van der Waals surface area (Å²) in [4.78, 5) is 24.8. The first-order chi connectivity index (χ1) is 18.2. The van der Waals surface area contributed by atoms with Crippen molar-refractivity contribution in [3.63, 3.8) is 0 Å². The molecule has 8 nitrogen and oxygen atoms in total. The summed E-state index contributed by atoms with van der Waals surface area (Å²) in [5, 5.41) is 8.84. The van der Waals surface area contributed by atoms with Gasteiger partial charge in [-0.1, -0.05) is 53.0 Å². The Bertz CT molecular complexity index is 840. The first-order valence-electron chi connectivity index (χ1n) is 14.3. The number of nitrogens with one attached hydrogen (secondary N) is 3. The zero-order valence-corrected chi connectivity index (χ0v) is 24.5. The molecule has 0 unspecified atom stereocenters. The molecule has 1 aliphatic rings. The van der Waals surface area contributed by atoms with E-state index in [2.05, 4.69) is 55.8 Å². The number of hydrogen-bond acceptors (Lipinski definition) is 5. The van der Waals surface area contributed by atoms with Crippen molar-refractivity contribution in [2.24, 2.45) is 23.2 Å². The third-order valence-corrected chi connectivity index (χ3v) is 7.92. The fraction of sp³-hybridized carbons (Fsp3) is 0.733. The third-order valence-electron chi connectivity index (χ3n) is 7.92. The lowest BCUT2D eigenvalue weighted by Crippen LogP contribution is -2.54. The summed E-state index contributed by atoms with van der Waals surface area (Å²) in [6, 6.07) is 6.05. The van der Waals surface area contributed by atoms with Crippen molar-refractivity contribution in [2.45, 2.75) is 72.6 Å². The van der Waals surface area contributed by atoms with E-state index in [1.54, 1.807) is 14.2 Å². The van der Waals surface area contributed by atoms with Crippen molar-refractivity contribution in [1.82, 2.24) is 16.0 Å². The molecule has 1 aromatic rings. The van der Waals surface area contributed by atoms with Gasteiger partial charge in [0.1, 0.15) is 0 Å². The largest absolute Gasteiger partial charge is 0.493 e. The molecule has 1 aromatic carbocycles. The molecule has 1 saturated heterocycles. The minimum absolute atomic E-state index is 0.134. The van der Waals surface area contributed by atoms with E-state index in [4.69, 9.17) is 14.2 Å². The van der Waals surface area contributed by atoms with Crippen LogP contribution in [0, 0.1) is 23.2 Å². The van der Waals surface area contributed by atoms with Gasteiger partial charge >= 0.3 is 6.03 Å². The van der Waals surface area contributed by atoms with Crippen LogP contribution in [-0.2, 0) is 16.0 Å². The fourth-order valence-electron chi connectivity index (χ4n) is 5.51. The molecule has 2 rings (SSSR count). The molecule has 3 N–H and O–H groups in total. The van der Waals surface area contributed by atoms with Crippen molar-refractivity contribution < 1.29 is 23.8 Å². The fourth-order valence-corrected chi connectivity index (χ4v) is 5.51. The Morgan fingerprint density at radius 1 is 0.974 bits per heavy atom. The first-order valence-corrected chi connectivity index (χ1v) is 14.3. The number of rotatable bonds is 18. The standard InChI is InChI=1S/C30H51N3O5/c1-22(2)30(23(3)4,28(34)31-19-25-20-32-29(35)33-21-25)15-10-8-7-9-12-24-13-14-26(37-6)27(18-24)38-17-11-16-36-5/h13-14,18,22-23,25H,7-12,15-17,19-21H2,1-6H3,(H,31,34)(H2,32,33,35). The van der Waals surface area contributed by atoms with Crippen molar-refractivity contribution in [2.75, 3.05) is 47.1 Å². The molecular weight excluding hydrogens is 482 g/mol. The highest BCUT2D eigenvalue weighted by atomic mass is 16.5. The van der Waals surface area contributed by atoms with Crippen LogP contribution in [0.5, 0.6) is 11.5 Å². The Morgan fingerprint density at radius 2 is 1.66 bits per heavy atom. The normalized spacial score (nSPS) is 14.4. The monoisotopic (exact) mass is 533 g/mol. The third kappa shape index (κ3) is 9.37. The van der Waals surface area contributed by atoms with Crippen LogP contribution in [0.15, 0.2) is 18.2 Å². The van der Waals surface area contributed by atoms with Crippen LogP contribution in [0.25, 0.3) is 0 Å². The minimum Gasteiger partial charge on any atom is -0.493 e. The van der Waals surface area contributed by atoms with Gasteiger partial charge in [0, 0.05) is 45.7 Å². The number of ether oxygens (including phenoxy) is 3. The molecule has 0 atom stereocenters. The van der Waals surface area contributed by atoms with Gasteiger partial charge in [0.15, 0.2) is 11.5 Å². The number of carbonyl (C=O) groups is 2. The van der Waals surface area contributed by atoms with E-state index in [9.17, 15) is 9.59 Å². The maximum absolute atomic E-state index is 13.5. The molecule has 38 heavy (non-hydrogen) atoms. The van der Waals surface area contributed by atoms with Crippen LogP contribution >= 0.6 is 0 Å². The molecule has 0 saturated carbocycles. The molecule has 0 aromatic heterocycles. The molecule has 1 aliphatic heterocycles. The predicted molar refractivity (Wildman–Crippen MR) is 152 cm³/mol. The van der Waals surface area contributed by atoms with Crippen LogP contribution in [0.1, 0.15) is 71.8 Å². The summed E-state index contributed by atoms with van der Waals surface area (Å²) in [7, 11) is 3.36. The van der Waals surface area contributed by atoms with Crippen LogP contribution in [0.3, 0.4) is 0 Å². The zero-order valence-electron chi connectivity index (χ0n) is 24.5. The Labute approximate surface area is 229 Å². The van der Waals surface area contributed by atoms with Gasteiger partial charge in [-0.05, 0) is 48.8 Å². The van der Waals surface area contributed by atoms with Crippen LogP contribution < -0.4 is 25.4 Å². The Morgan fingerprint density at radius 3 is 2.29 bits per heavy atom. The number of carbonyl (C=O) groups excluding carboxylic acids is 2. The molecule has 8 heteroatoms. The summed E-state index contributed by atoms with van der Waals surface area (Å²) in [5.74, 6) is 2.39. The molecule has 0 spiro atoms. The molecule has 0 aliphatic carbocycles. The number of benzene rings is 1. The number of urea groups is 1. The van der Waals surface area contributed by atoms with Gasteiger partial charge in [0.25, 0.3) is 0 Å². The van der Waals surface area contributed by atoms with Crippen molar-refractivity contribution >= 4 is 11.9 Å². The number of hydrogen-bond donors (Lipinski definition) is 3. The maximum Gasteiger partial charge on any atom is 0.314 e. The molecule has 1 heterocycles. The van der Waals surface area contributed by atoms with E-state index < -0.39 is 5.41 Å². The van der Waals surface area contributed by atoms with Gasteiger partial charge < -0.3 is 30.2 Å². The lowest BCUT2D eigenvalue weighted by Gasteiger charge is -2.40. The van der Waals surface area contributed by atoms with E-state index in [0.29, 0.717) is 32.8 Å². The lowest BCUT2D eigenvalue weighted by atomic mass is 9.65. The van der Waals surface area contributed by atoms with Gasteiger partial charge in [-0.25, -0.2) is 4.79 Å². The van der Waals surface area contributed by atoms with Crippen LogP contribution in [-0.4, -0.2) is 59.0 Å². The van der Waals surface area contributed by atoms with Gasteiger partial charge in [-0.2, -0.15) is 0 Å². The molecule has 0 bridgehead atoms. The summed E-state index contributed by atoms with van der Waals surface area (Å²) >= 11 is 0. The highest BCUT2D eigenvalue weighted by molar-refractivity contribution is 5.83. The second-order valence-corrected chi connectivity index (χ2v) is 11.1. The number of aryl methyl sites for hydroxylation is 1. The van der Waals surface area contributed by atoms with Gasteiger partial charge in [-0.3, -0.25) is 4.79 Å². The summed E-state index contributed by atoms with van der Waals surface area (Å²) in [6.45, 7) is 11.7. The summed E-state index contributed by atoms with van der Waals surface area (Å²) < 4.78 is 16.5. The van der Waals surface area contributed by atoms with Gasteiger partial charge in [0.05, 0.1) is 19.1 Å². The van der Waals surface area contributed by atoms with Crippen molar-refractivity contribution in [3.05, 3.63) is 23.8 Å². The second kappa shape index (κ2) is 16.5. The average Bonchev–Trinajstić information content (AvgIpc) is 2.90. The molecule has 0 radical (unpaired) electrons. The highest BCUT2D eigenvalue weighted by Gasteiger charge is 2.43. The topological polar surface area (TPSA) is 97.9 Å². The lowest BCUT2D eigenvalue weighted by molar-refractivity contribution is -0.138. The van der Waals surface area contributed by atoms with Gasteiger partial charge in [-0.15, -0.1) is 0 Å². The molecule has 216 valence electrons. The van der Waals surface area contributed by atoms with E-state index in [1.807, 2.05) is 6.07 Å². The van der Waals surface area contributed by atoms with Crippen molar-refractivity contribution in [3.8, 4) is 11.5 Å². The predicted octanol–water partition coefficient (Wildman–Crippen LogP) is 4.95. The highest BCUT2D eigenvalue weighted by Crippen LogP contribution is 2.41. The quantitative estimate of drug-likeness (QED) is 0.232. The molecule has 3 amide bonds. The molecule has 1 fully saturated rings. The maximum atomic E-state index is 13.5. The number of unbranched alkanes of at least 4 members (excludes halogenated alkanes) is 3. The molecular formula is C30H51N3O5. The average molecular weight is 534 g/mol. The summed E-state index contributed by atoms with van der Waals surface area (Å²) in [5.41, 5.74) is 0.857. The van der Waals surface area contributed by atoms with Crippen LogP contribution in [0.4, 0.5) is 4.79 Å². The van der Waals surface area contributed by atoms with Gasteiger partial charge in [0.2, 0.25) is 5.91 Å². The van der Waals surface area contributed by atoms with E-state index in [-0.39, 0.29) is 29.7 Å². The second-order valence-electron chi connectivity index (χ2n) is 11.1. The first kappa shape index (κ1) is 31.7. The zero-order chi connectivity index (χ0) is 28.0. The Balaban J connectivity index is 1.83.